The van der Waals surface area contributed by atoms with E-state index in [9.17, 15) is 13.2 Å². The Bertz CT molecular complexity index is 631. The van der Waals surface area contributed by atoms with Crippen LogP contribution >= 0.6 is 0 Å². The van der Waals surface area contributed by atoms with E-state index in [1.807, 2.05) is 6.92 Å². The summed E-state index contributed by atoms with van der Waals surface area (Å²) < 4.78 is 24.2. The van der Waals surface area contributed by atoms with Gasteiger partial charge < -0.3 is 10.4 Å². The quantitative estimate of drug-likeness (QED) is 0.854. The van der Waals surface area contributed by atoms with Crippen molar-refractivity contribution >= 4 is 21.9 Å². The van der Waals surface area contributed by atoms with E-state index in [0.717, 1.165) is 0 Å². The Balaban J connectivity index is 2.46. The molecule has 0 aromatic heterocycles. The number of hydrogen-bond donors (Lipinski definition) is 2. The number of benzene rings is 1. The molecule has 0 atom stereocenters. The summed E-state index contributed by atoms with van der Waals surface area (Å²) in [4.78, 5) is 11.3. The molecular weight excluding hydrogens is 254 g/mol. The summed E-state index contributed by atoms with van der Waals surface area (Å²) in [5.41, 5.74) is 0.535. The minimum atomic E-state index is -3.46. The molecule has 18 heavy (non-hydrogen) atoms. The highest BCUT2D eigenvalue weighted by Crippen LogP contribution is 2.32. The molecule has 0 amide bonds. The highest BCUT2D eigenvalue weighted by molar-refractivity contribution is 7.95. The van der Waals surface area contributed by atoms with Crippen molar-refractivity contribution in [1.82, 2.24) is 5.32 Å². The summed E-state index contributed by atoms with van der Waals surface area (Å²) in [5.74, 6) is -1.07. The largest absolute Gasteiger partial charge is 0.478 e. The first kappa shape index (κ1) is 12.8. The molecule has 0 spiro atoms. The van der Waals surface area contributed by atoms with Crippen LogP contribution in [0.25, 0.3) is 6.08 Å². The van der Waals surface area contributed by atoms with Crippen molar-refractivity contribution in [2.45, 2.75) is 11.8 Å². The van der Waals surface area contributed by atoms with Gasteiger partial charge in [0, 0.05) is 6.54 Å². The summed E-state index contributed by atoms with van der Waals surface area (Å²) >= 11 is 0. The smallest absolute Gasteiger partial charge is 0.335 e. The van der Waals surface area contributed by atoms with E-state index in [1.165, 1.54) is 24.3 Å². The lowest BCUT2D eigenvalue weighted by molar-refractivity contribution is 0.0696. The van der Waals surface area contributed by atoms with Gasteiger partial charge >= 0.3 is 5.97 Å². The lowest BCUT2D eigenvalue weighted by Crippen LogP contribution is -2.19. The van der Waals surface area contributed by atoms with Crippen LogP contribution in [-0.2, 0) is 9.84 Å². The Morgan fingerprint density at radius 3 is 2.72 bits per heavy atom. The third kappa shape index (κ3) is 2.04. The van der Waals surface area contributed by atoms with E-state index < -0.39 is 15.8 Å². The number of nitrogens with one attached hydrogen (secondary N) is 1. The van der Waals surface area contributed by atoms with Crippen LogP contribution in [0.3, 0.4) is 0 Å². The van der Waals surface area contributed by atoms with E-state index in [2.05, 4.69) is 5.32 Å². The first-order valence-corrected chi connectivity index (χ1v) is 6.99. The molecular formula is C12H13NO4S. The maximum Gasteiger partial charge on any atom is 0.335 e. The van der Waals surface area contributed by atoms with Crippen molar-refractivity contribution in [2.75, 3.05) is 13.1 Å². The number of hydrogen-bond acceptors (Lipinski definition) is 4. The van der Waals surface area contributed by atoms with E-state index in [1.54, 1.807) is 0 Å². The second kappa shape index (κ2) is 4.55. The fraction of sp³-hybridized carbons (Fsp3) is 0.250. The number of carboxylic acid groups (broad SMARTS) is 1. The van der Waals surface area contributed by atoms with Gasteiger partial charge in [-0.3, -0.25) is 0 Å². The third-order valence-corrected chi connectivity index (χ3v) is 4.66. The number of fused-ring (bicyclic) bond motifs is 1. The highest BCUT2D eigenvalue weighted by Gasteiger charge is 2.29. The molecule has 1 heterocycles. The zero-order chi connectivity index (χ0) is 13.3. The summed E-state index contributed by atoms with van der Waals surface area (Å²) in [6.45, 7) is 2.82. The molecule has 5 nitrogen and oxygen atoms in total. The fourth-order valence-corrected chi connectivity index (χ4v) is 3.36. The Kier molecular flexibility index (Phi) is 3.23. The molecule has 0 aliphatic carbocycles. The van der Waals surface area contributed by atoms with Gasteiger partial charge in [-0.1, -0.05) is 6.92 Å². The van der Waals surface area contributed by atoms with Crippen LogP contribution in [0.15, 0.2) is 28.0 Å². The van der Waals surface area contributed by atoms with Crippen LogP contribution in [0.2, 0.25) is 0 Å². The number of sulfone groups is 1. The predicted molar refractivity (Wildman–Crippen MR) is 67.1 cm³/mol. The van der Waals surface area contributed by atoms with E-state index in [-0.39, 0.29) is 21.9 Å². The maximum atomic E-state index is 12.1. The third-order valence-electron chi connectivity index (χ3n) is 2.76. The van der Waals surface area contributed by atoms with Gasteiger partial charge in [-0.25, -0.2) is 13.2 Å². The summed E-state index contributed by atoms with van der Waals surface area (Å²) in [6.07, 6.45) is 1.53. The molecule has 1 aromatic rings. The minimum absolute atomic E-state index is 0.0879. The molecule has 1 aliphatic rings. The maximum absolute atomic E-state index is 12.1. The van der Waals surface area contributed by atoms with Gasteiger partial charge in [-0.15, -0.1) is 0 Å². The summed E-state index contributed by atoms with van der Waals surface area (Å²) in [7, 11) is -3.46. The average Bonchev–Trinajstić information content (AvgIpc) is 2.58. The Morgan fingerprint density at radius 1 is 1.39 bits per heavy atom. The zero-order valence-corrected chi connectivity index (χ0v) is 10.6. The van der Waals surface area contributed by atoms with Gasteiger partial charge in [0.1, 0.15) is 0 Å². The molecule has 1 aliphatic heterocycles. The number of carboxylic acids is 1. The topological polar surface area (TPSA) is 83.5 Å². The number of aromatic carboxylic acids is 1. The van der Waals surface area contributed by atoms with Gasteiger partial charge in [0.2, 0.25) is 9.84 Å². The lowest BCUT2D eigenvalue weighted by atomic mass is 10.1. The fourth-order valence-electron chi connectivity index (χ4n) is 1.83. The van der Waals surface area contributed by atoms with Crippen molar-refractivity contribution in [3.05, 3.63) is 34.2 Å². The van der Waals surface area contributed by atoms with E-state index in [0.29, 0.717) is 12.1 Å². The van der Waals surface area contributed by atoms with E-state index in [4.69, 9.17) is 5.11 Å². The van der Waals surface area contributed by atoms with Crippen LogP contribution in [0.5, 0.6) is 0 Å². The second-order valence-corrected chi connectivity index (χ2v) is 5.92. The normalized spacial score (nSPS) is 16.2. The van der Waals surface area contributed by atoms with Crippen LogP contribution < -0.4 is 5.32 Å². The Labute approximate surface area is 105 Å². The number of rotatable bonds is 4. The minimum Gasteiger partial charge on any atom is -0.478 e. The van der Waals surface area contributed by atoms with Gasteiger partial charge in [-0.2, -0.15) is 0 Å². The average molecular weight is 267 g/mol. The van der Waals surface area contributed by atoms with Crippen molar-refractivity contribution in [1.29, 1.82) is 0 Å². The SMILES string of the molecule is CCNCC1=Cc2cc(C(=O)O)ccc2S1(=O)=O. The second-order valence-electron chi connectivity index (χ2n) is 3.95. The van der Waals surface area contributed by atoms with Gasteiger partial charge in [0.25, 0.3) is 0 Å². The first-order valence-electron chi connectivity index (χ1n) is 5.50. The van der Waals surface area contributed by atoms with Gasteiger partial charge in [0.15, 0.2) is 0 Å². The lowest BCUT2D eigenvalue weighted by Gasteiger charge is -2.04. The first-order chi connectivity index (χ1) is 8.46. The highest BCUT2D eigenvalue weighted by atomic mass is 32.2. The number of likely N-dealkylation sites (N-methyl/N-ethyl adjacent to an activating group) is 1. The predicted octanol–water partition coefficient (Wildman–Crippen LogP) is 1.12. The van der Waals surface area contributed by atoms with Gasteiger partial charge in [0.05, 0.1) is 15.4 Å². The van der Waals surface area contributed by atoms with E-state index >= 15 is 0 Å². The van der Waals surface area contributed by atoms with Gasteiger partial charge in [-0.05, 0) is 36.4 Å². The molecule has 0 unspecified atom stereocenters. The Hall–Kier alpha value is -1.66. The van der Waals surface area contributed by atoms with Crippen LogP contribution in [-0.4, -0.2) is 32.6 Å². The van der Waals surface area contributed by atoms with Crippen molar-refractivity contribution in [3.63, 3.8) is 0 Å². The zero-order valence-electron chi connectivity index (χ0n) is 9.80. The molecule has 2 rings (SSSR count). The number of carbonyl (C=O) groups is 1. The summed E-state index contributed by atoms with van der Waals surface area (Å²) in [5, 5.41) is 11.8. The molecule has 96 valence electrons. The molecule has 0 fully saturated rings. The molecule has 0 saturated carbocycles. The molecule has 0 saturated heterocycles. The Morgan fingerprint density at radius 2 is 2.11 bits per heavy atom. The molecule has 1 aromatic carbocycles. The standard InChI is InChI=1S/C12H13NO4S/c1-2-13-7-10-6-9-5-8(12(14)15)3-4-11(9)18(10,16)17/h3-6,13H,2,7H2,1H3,(H,14,15). The van der Waals surface area contributed by atoms with Crippen LogP contribution in [0, 0.1) is 0 Å². The molecule has 0 bridgehead atoms. The van der Waals surface area contributed by atoms with Crippen LogP contribution in [0.1, 0.15) is 22.8 Å². The molecule has 6 heteroatoms. The van der Waals surface area contributed by atoms with Crippen LogP contribution in [0.4, 0.5) is 0 Å². The molecule has 2 N–H and O–H groups in total. The van der Waals surface area contributed by atoms with Crippen molar-refractivity contribution < 1.29 is 18.3 Å². The molecule has 0 radical (unpaired) electrons. The summed E-state index contributed by atoms with van der Waals surface area (Å²) in [6, 6.07) is 4.04. The van der Waals surface area contributed by atoms with Crippen molar-refractivity contribution in [3.8, 4) is 0 Å². The monoisotopic (exact) mass is 267 g/mol. The van der Waals surface area contributed by atoms with Crippen molar-refractivity contribution in [2.24, 2.45) is 0 Å².